The second kappa shape index (κ2) is 5.60. The first-order chi connectivity index (χ1) is 5.95. The molecule has 0 amide bonds. The van der Waals surface area contributed by atoms with Crippen molar-refractivity contribution in [2.24, 2.45) is 0 Å². The van der Waals surface area contributed by atoms with E-state index in [-0.39, 0.29) is 11.3 Å². The van der Waals surface area contributed by atoms with Crippen molar-refractivity contribution in [3.63, 3.8) is 0 Å². The molecule has 0 aromatic carbocycles. The molecule has 13 heavy (non-hydrogen) atoms. The van der Waals surface area contributed by atoms with E-state index in [0.717, 1.165) is 6.54 Å². The van der Waals surface area contributed by atoms with Crippen molar-refractivity contribution in [1.29, 1.82) is 0 Å². The fraction of sp³-hybridized carbons (Fsp3) is 1.00. The smallest absolute Gasteiger partial charge is 0.154 e. The highest BCUT2D eigenvalue weighted by Gasteiger charge is 2.24. The van der Waals surface area contributed by atoms with Crippen LogP contribution in [0.25, 0.3) is 0 Å². The maximum atomic E-state index is 11.6. The number of nitrogens with one attached hydrogen (secondary N) is 1. The lowest BCUT2D eigenvalue weighted by Gasteiger charge is -2.20. The van der Waals surface area contributed by atoms with Crippen LogP contribution >= 0.6 is 0 Å². The zero-order valence-corrected chi connectivity index (χ0v) is 9.82. The zero-order chi connectivity index (χ0) is 10.5. The van der Waals surface area contributed by atoms with Crippen LogP contribution < -0.4 is 5.32 Å². The molecule has 0 radical (unpaired) electrons. The van der Waals surface area contributed by atoms with Gasteiger partial charge in [0.1, 0.15) is 0 Å². The first kappa shape index (κ1) is 12.9. The summed E-state index contributed by atoms with van der Waals surface area (Å²) in [4.78, 5) is 0. The van der Waals surface area contributed by atoms with Crippen LogP contribution in [-0.4, -0.2) is 32.0 Å². The summed E-state index contributed by atoms with van der Waals surface area (Å²) in [6.45, 7) is 8.38. The Bertz CT molecular complexity index is 224. The van der Waals surface area contributed by atoms with Gasteiger partial charge in [0.2, 0.25) is 0 Å². The molecule has 0 fully saturated rings. The van der Waals surface area contributed by atoms with Crippen LogP contribution in [0.2, 0.25) is 0 Å². The fourth-order valence-corrected chi connectivity index (χ4v) is 2.93. The normalized spacial score (nSPS) is 16.9. The van der Waals surface area contributed by atoms with Gasteiger partial charge in [-0.1, -0.05) is 13.8 Å². The molecule has 0 aromatic rings. The molecule has 2 unspecified atom stereocenters. The van der Waals surface area contributed by atoms with Gasteiger partial charge in [-0.15, -0.1) is 0 Å². The standard InChI is InChI=1S/C9H21NO2S/c1-5-7-13(11,12)9(4)8(3)10-6-2/h8-10H,5-7H2,1-4H3. The first-order valence-corrected chi connectivity index (χ1v) is 6.62. The predicted molar refractivity (Wildman–Crippen MR) is 56.7 cm³/mol. The van der Waals surface area contributed by atoms with Crippen LogP contribution in [0.5, 0.6) is 0 Å². The van der Waals surface area contributed by atoms with Crippen molar-refractivity contribution >= 4 is 9.84 Å². The predicted octanol–water partition coefficient (Wildman–Crippen LogP) is 1.20. The lowest BCUT2D eigenvalue weighted by atomic mass is 10.2. The summed E-state index contributed by atoms with van der Waals surface area (Å²) in [6.07, 6.45) is 0.700. The fourth-order valence-electron chi connectivity index (χ4n) is 1.27. The average Bonchev–Trinajstić information content (AvgIpc) is 2.03. The Hall–Kier alpha value is -0.0900. The van der Waals surface area contributed by atoms with Crippen LogP contribution in [0.1, 0.15) is 34.1 Å². The molecule has 2 atom stereocenters. The molecule has 0 saturated carbocycles. The quantitative estimate of drug-likeness (QED) is 0.712. The molecule has 0 aliphatic rings. The van der Waals surface area contributed by atoms with E-state index < -0.39 is 9.84 Å². The van der Waals surface area contributed by atoms with Gasteiger partial charge in [-0.2, -0.15) is 0 Å². The van der Waals surface area contributed by atoms with Crippen molar-refractivity contribution in [3.05, 3.63) is 0 Å². The van der Waals surface area contributed by atoms with Crippen molar-refractivity contribution in [1.82, 2.24) is 5.32 Å². The molecule has 0 heterocycles. The zero-order valence-electron chi connectivity index (χ0n) is 9.00. The van der Waals surface area contributed by atoms with E-state index in [0.29, 0.717) is 12.2 Å². The number of sulfone groups is 1. The SMILES string of the molecule is CCCS(=O)(=O)C(C)C(C)NCC. The second-order valence-corrected chi connectivity index (χ2v) is 5.90. The minimum absolute atomic E-state index is 0.0431. The van der Waals surface area contributed by atoms with Gasteiger partial charge >= 0.3 is 0 Å². The third kappa shape index (κ3) is 4.09. The van der Waals surface area contributed by atoms with Crippen LogP contribution in [0, 0.1) is 0 Å². The summed E-state index contributed by atoms with van der Waals surface area (Å²) in [5, 5.41) is 2.85. The van der Waals surface area contributed by atoms with E-state index in [9.17, 15) is 8.42 Å². The minimum Gasteiger partial charge on any atom is -0.313 e. The van der Waals surface area contributed by atoms with E-state index >= 15 is 0 Å². The lowest BCUT2D eigenvalue weighted by molar-refractivity contribution is 0.520. The molecule has 0 spiro atoms. The highest BCUT2D eigenvalue weighted by atomic mass is 32.2. The summed E-state index contributed by atoms with van der Waals surface area (Å²) in [7, 11) is -2.89. The number of rotatable bonds is 6. The second-order valence-electron chi connectivity index (χ2n) is 3.42. The van der Waals surface area contributed by atoms with E-state index in [1.165, 1.54) is 0 Å². The summed E-state index contributed by atoms with van der Waals surface area (Å²) < 4.78 is 23.2. The molecule has 0 rings (SSSR count). The molecular weight excluding hydrogens is 186 g/mol. The van der Waals surface area contributed by atoms with Crippen LogP contribution in [-0.2, 0) is 9.84 Å². The largest absolute Gasteiger partial charge is 0.313 e. The van der Waals surface area contributed by atoms with Gasteiger partial charge in [0.05, 0.1) is 11.0 Å². The van der Waals surface area contributed by atoms with Crippen LogP contribution in [0.15, 0.2) is 0 Å². The van der Waals surface area contributed by atoms with Crippen molar-refractivity contribution in [2.75, 3.05) is 12.3 Å². The maximum Gasteiger partial charge on any atom is 0.154 e. The molecule has 3 nitrogen and oxygen atoms in total. The summed E-state index contributed by atoms with van der Waals surface area (Å²) in [5.74, 6) is 0.296. The van der Waals surface area contributed by atoms with Gasteiger partial charge in [-0.3, -0.25) is 0 Å². The van der Waals surface area contributed by atoms with Gasteiger partial charge in [0, 0.05) is 6.04 Å². The number of hydrogen-bond acceptors (Lipinski definition) is 3. The van der Waals surface area contributed by atoms with Gasteiger partial charge in [0.25, 0.3) is 0 Å². The molecule has 0 aromatic heterocycles. The summed E-state index contributed by atoms with van der Waals surface area (Å²) in [6, 6.07) is 0.0431. The number of hydrogen-bond donors (Lipinski definition) is 1. The van der Waals surface area contributed by atoms with Crippen molar-refractivity contribution < 1.29 is 8.42 Å². The Labute approximate surface area is 81.8 Å². The molecular formula is C9H21NO2S. The minimum atomic E-state index is -2.89. The average molecular weight is 207 g/mol. The molecule has 0 aliphatic heterocycles. The molecule has 1 N–H and O–H groups in total. The molecule has 4 heteroatoms. The Morgan fingerprint density at radius 3 is 2.15 bits per heavy atom. The summed E-state index contributed by atoms with van der Waals surface area (Å²) in [5.41, 5.74) is 0. The summed E-state index contributed by atoms with van der Waals surface area (Å²) >= 11 is 0. The van der Waals surface area contributed by atoms with E-state index in [1.54, 1.807) is 6.92 Å². The molecule has 0 aliphatic carbocycles. The highest BCUT2D eigenvalue weighted by Crippen LogP contribution is 2.08. The Morgan fingerprint density at radius 2 is 1.77 bits per heavy atom. The van der Waals surface area contributed by atoms with Crippen molar-refractivity contribution in [2.45, 2.75) is 45.4 Å². The first-order valence-electron chi connectivity index (χ1n) is 4.90. The monoisotopic (exact) mass is 207 g/mol. The van der Waals surface area contributed by atoms with E-state index in [1.807, 2.05) is 20.8 Å². The highest BCUT2D eigenvalue weighted by molar-refractivity contribution is 7.92. The third-order valence-electron chi connectivity index (χ3n) is 2.29. The van der Waals surface area contributed by atoms with E-state index in [4.69, 9.17) is 0 Å². The Morgan fingerprint density at radius 1 is 1.23 bits per heavy atom. The third-order valence-corrected chi connectivity index (χ3v) is 4.80. The molecule has 0 bridgehead atoms. The Kier molecular flexibility index (Phi) is 5.56. The van der Waals surface area contributed by atoms with Gasteiger partial charge in [0.15, 0.2) is 9.84 Å². The van der Waals surface area contributed by atoms with Gasteiger partial charge in [-0.05, 0) is 26.8 Å². The van der Waals surface area contributed by atoms with Gasteiger partial charge in [-0.25, -0.2) is 8.42 Å². The topological polar surface area (TPSA) is 46.2 Å². The Balaban J connectivity index is 4.31. The molecule has 0 saturated heterocycles. The van der Waals surface area contributed by atoms with E-state index in [2.05, 4.69) is 5.32 Å². The lowest BCUT2D eigenvalue weighted by Crippen LogP contribution is -2.41. The van der Waals surface area contributed by atoms with Crippen molar-refractivity contribution in [3.8, 4) is 0 Å². The van der Waals surface area contributed by atoms with Gasteiger partial charge < -0.3 is 5.32 Å². The van der Waals surface area contributed by atoms with Crippen LogP contribution in [0.4, 0.5) is 0 Å². The maximum absolute atomic E-state index is 11.6. The molecule has 80 valence electrons. The van der Waals surface area contributed by atoms with Crippen LogP contribution in [0.3, 0.4) is 0 Å².